The average Bonchev–Trinajstić information content (AvgIpc) is 3.44. The van der Waals surface area contributed by atoms with Gasteiger partial charge in [0.2, 0.25) is 0 Å². The molecule has 0 bridgehead atoms. The zero-order valence-electron chi connectivity index (χ0n) is 15.0. The van der Waals surface area contributed by atoms with E-state index in [9.17, 15) is 4.79 Å². The molecule has 29 heavy (non-hydrogen) atoms. The SMILES string of the molecule is COc1ccc(Sc2ccc(Sc3ncn[nH]3)nc2C(=O)Nc2nccs2)cc1. The number of benzene rings is 1. The maximum atomic E-state index is 12.9. The van der Waals surface area contributed by atoms with Crippen LogP contribution in [-0.2, 0) is 0 Å². The van der Waals surface area contributed by atoms with Crippen molar-refractivity contribution >= 4 is 45.9 Å². The van der Waals surface area contributed by atoms with Crippen molar-refractivity contribution in [1.29, 1.82) is 0 Å². The van der Waals surface area contributed by atoms with Gasteiger partial charge in [0.15, 0.2) is 10.3 Å². The van der Waals surface area contributed by atoms with Crippen LogP contribution in [0.3, 0.4) is 0 Å². The van der Waals surface area contributed by atoms with Crippen molar-refractivity contribution < 1.29 is 9.53 Å². The van der Waals surface area contributed by atoms with Crippen LogP contribution in [0.25, 0.3) is 0 Å². The molecule has 1 aromatic carbocycles. The molecule has 8 nitrogen and oxygen atoms in total. The third-order valence-corrected chi connectivity index (χ3v) is 6.15. The average molecular weight is 443 g/mol. The molecule has 0 fully saturated rings. The number of amides is 1. The van der Waals surface area contributed by atoms with E-state index in [2.05, 4.69) is 30.5 Å². The highest BCUT2D eigenvalue weighted by Crippen LogP contribution is 2.33. The van der Waals surface area contributed by atoms with Crippen LogP contribution >= 0.6 is 34.9 Å². The largest absolute Gasteiger partial charge is 0.497 e. The Kier molecular flexibility index (Phi) is 6.08. The van der Waals surface area contributed by atoms with Gasteiger partial charge >= 0.3 is 0 Å². The predicted octanol–water partition coefficient (Wildman–Crippen LogP) is 4.22. The van der Waals surface area contributed by atoms with E-state index in [1.165, 1.54) is 41.2 Å². The summed E-state index contributed by atoms with van der Waals surface area (Å²) in [5.74, 6) is 0.448. The van der Waals surface area contributed by atoms with Gasteiger partial charge in [-0.1, -0.05) is 11.8 Å². The highest BCUT2D eigenvalue weighted by molar-refractivity contribution is 7.99. The number of anilines is 1. The zero-order chi connectivity index (χ0) is 20.1. The fraction of sp³-hybridized carbons (Fsp3) is 0.0556. The Morgan fingerprint density at radius 3 is 2.69 bits per heavy atom. The van der Waals surface area contributed by atoms with Crippen molar-refractivity contribution in [3.05, 3.63) is 60.0 Å². The molecule has 0 aliphatic carbocycles. The van der Waals surface area contributed by atoms with Crippen LogP contribution in [0.1, 0.15) is 10.5 Å². The summed E-state index contributed by atoms with van der Waals surface area (Å²) in [5.41, 5.74) is 0.311. The first-order valence-electron chi connectivity index (χ1n) is 8.28. The number of thiazole rings is 1. The highest BCUT2D eigenvalue weighted by atomic mass is 32.2. The summed E-state index contributed by atoms with van der Waals surface area (Å²) in [5, 5.41) is 12.9. The Morgan fingerprint density at radius 1 is 1.14 bits per heavy atom. The van der Waals surface area contributed by atoms with Crippen molar-refractivity contribution in [2.75, 3.05) is 12.4 Å². The number of hydrogen-bond acceptors (Lipinski definition) is 9. The summed E-state index contributed by atoms with van der Waals surface area (Å²) in [4.78, 5) is 27.3. The van der Waals surface area contributed by atoms with Gasteiger partial charge in [-0.05, 0) is 48.2 Å². The molecule has 3 heterocycles. The third-order valence-electron chi connectivity index (χ3n) is 3.58. The van der Waals surface area contributed by atoms with Gasteiger partial charge in [0, 0.05) is 21.4 Å². The highest BCUT2D eigenvalue weighted by Gasteiger charge is 2.18. The Bertz CT molecular complexity index is 1090. The van der Waals surface area contributed by atoms with Crippen LogP contribution in [0.15, 0.2) is 74.3 Å². The molecule has 146 valence electrons. The number of nitrogens with one attached hydrogen (secondary N) is 2. The van der Waals surface area contributed by atoms with Crippen molar-refractivity contribution in [3.8, 4) is 5.75 Å². The summed E-state index contributed by atoms with van der Waals surface area (Å²) in [6, 6.07) is 11.3. The maximum Gasteiger partial charge on any atom is 0.277 e. The number of H-pyrrole nitrogens is 1. The number of nitrogens with zero attached hydrogens (tertiary/aromatic N) is 4. The van der Waals surface area contributed by atoms with E-state index in [1.54, 1.807) is 18.7 Å². The summed E-state index contributed by atoms with van der Waals surface area (Å²) >= 11 is 4.09. The van der Waals surface area contributed by atoms with Crippen LogP contribution in [-0.4, -0.2) is 38.2 Å². The molecule has 4 aromatic rings. The summed E-state index contributed by atoms with van der Waals surface area (Å²) in [6.45, 7) is 0. The van der Waals surface area contributed by atoms with Gasteiger partial charge in [0.1, 0.15) is 22.8 Å². The molecule has 0 aliphatic heterocycles. The van der Waals surface area contributed by atoms with Crippen LogP contribution in [0, 0.1) is 0 Å². The van der Waals surface area contributed by atoms with Gasteiger partial charge in [-0.15, -0.1) is 11.3 Å². The third kappa shape index (κ3) is 4.94. The van der Waals surface area contributed by atoms with Gasteiger partial charge in [-0.2, -0.15) is 5.10 Å². The van der Waals surface area contributed by atoms with Gasteiger partial charge in [-0.3, -0.25) is 15.2 Å². The second-order valence-electron chi connectivity index (χ2n) is 5.46. The minimum absolute atomic E-state index is 0.311. The topological polar surface area (TPSA) is 106 Å². The molecule has 3 aromatic heterocycles. The molecular formula is C18H14N6O2S3. The van der Waals surface area contributed by atoms with E-state index in [1.807, 2.05) is 36.4 Å². The Morgan fingerprint density at radius 2 is 2.00 bits per heavy atom. The summed E-state index contributed by atoms with van der Waals surface area (Å²) in [6.07, 6.45) is 3.06. The zero-order valence-corrected chi connectivity index (χ0v) is 17.5. The molecule has 2 N–H and O–H groups in total. The molecule has 0 saturated heterocycles. The molecule has 0 spiro atoms. The standard InChI is InChI=1S/C18H14N6O2S3/c1-26-11-2-4-12(5-3-11)28-13-6-7-14(29-18-20-10-21-24-18)22-15(13)16(25)23-17-19-8-9-27-17/h2-10H,1H3,(H,19,23,25)(H,20,21,24). The molecule has 0 unspecified atom stereocenters. The normalized spacial score (nSPS) is 10.7. The van der Waals surface area contributed by atoms with Crippen LogP contribution in [0.5, 0.6) is 5.75 Å². The van der Waals surface area contributed by atoms with Crippen molar-refractivity contribution in [2.24, 2.45) is 0 Å². The molecule has 0 saturated carbocycles. The van der Waals surface area contributed by atoms with Crippen LogP contribution < -0.4 is 10.1 Å². The van der Waals surface area contributed by atoms with Crippen molar-refractivity contribution in [3.63, 3.8) is 0 Å². The first-order valence-corrected chi connectivity index (χ1v) is 10.8. The number of aromatic amines is 1. The van der Waals surface area contributed by atoms with Crippen LogP contribution in [0.4, 0.5) is 5.13 Å². The minimum atomic E-state index is -0.323. The Labute approximate surface area is 178 Å². The molecule has 0 atom stereocenters. The lowest BCUT2D eigenvalue weighted by molar-refractivity contribution is 0.101. The maximum absolute atomic E-state index is 12.9. The van der Waals surface area contributed by atoms with E-state index < -0.39 is 0 Å². The fourth-order valence-corrected chi connectivity index (χ4v) is 4.38. The lowest BCUT2D eigenvalue weighted by Gasteiger charge is -2.10. The lowest BCUT2D eigenvalue weighted by atomic mass is 10.3. The quantitative estimate of drug-likeness (QED) is 0.438. The molecule has 4 rings (SSSR count). The molecular weight excluding hydrogens is 428 g/mol. The van der Waals surface area contributed by atoms with Gasteiger partial charge in [0.05, 0.1) is 7.11 Å². The smallest absolute Gasteiger partial charge is 0.277 e. The monoisotopic (exact) mass is 442 g/mol. The van der Waals surface area contributed by atoms with Crippen LogP contribution in [0.2, 0.25) is 0 Å². The lowest BCUT2D eigenvalue weighted by Crippen LogP contribution is -2.15. The number of rotatable bonds is 7. The number of ether oxygens (including phenoxy) is 1. The van der Waals surface area contributed by atoms with Gasteiger partial charge < -0.3 is 4.74 Å². The van der Waals surface area contributed by atoms with Crippen molar-refractivity contribution in [2.45, 2.75) is 20.0 Å². The Balaban J connectivity index is 1.63. The van der Waals surface area contributed by atoms with Gasteiger partial charge in [0.25, 0.3) is 5.91 Å². The molecule has 0 aliphatic rings. The second-order valence-corrected chi connectivity index (χ2v) is 8.48. The van der Waals surface area contributed by atoms with E-state index in [0.29, 0.717) is 21.0 Å². The second kappa shape index (κ2) is 9.07. The van der Waals surface area contributed by atoms with E-state index >= 15 is 0 Å². The number of pyridine rings is 1. The summed E-state index contributed by atoms with van der Waals surface area (Å²) in [7, 11) is 1.62. The summed E-state index contributed by atoms with van der Waals surface area (Å²) < 4.78 is 5.20. The minimum Gasteiger partial charge on any atom is -0.497 e. The fourth-order valence-electron chi connectivity index (χ4n) is 2.29. The number of carbonyl (C=O) groups excluding carboxylic acids is 1. The number of hydrogen-bond donors (Lipinski definition) is 2. The van der Waals surface area contributed by atoms with E-state index in [0.717, 1.165) is 15.5 Å². The molecule has 11 heteroatoms. The molecule has 1 amide bonds. The number of methoxy groups -OCH3 is 1. The Hall–Kier alpha value is -2.89. The van der Waals surface area contributed by atoms with E-state index in [-0.39, 0.29) is 5.91 Å². The number of carbonyl (C=O) groups is 1. The van der Waals surface area contributed by atoms with E-state index in [4.69, 9.17) is 4.74 Å². The molecule has 0 radical (unpaired) electrons. The van der Waals surface area contributed by atoms with Crippen molar-refractivity contribution in [1.82, 2.24) is 25.1 Å². The first-order chi connectivity index (χ1) is 14.2. The number of aromatic nitrogens is 5. The predicted molar refractivity (Wildman–Crippen MR) is 112 cm³/mol. The van der Waals surface area contributed by atoms with Gasteiger partial charge in [-0.25, -0.2) is 15.0 Å². The first kappa shape index (κ1) is 19.4.